The summed E-state index contributed by atoms with van der Waals surface area (Å²) >= 11 is 4.54. The molecule has 0 radical (unpaired) electrons. The number of hydrogen-bond acceptors (Lipinski definition) is 6. The van der Waals surface area contributed by atoms with Gasteiger partial charge in [-0.05, 0) is 38.0 Å². The van der Waals surface area contributed by atoms with E-state index in [0.717, 1.165) is 14.9 Å². The summed E-state index contributed by atoms with van der Waals surface area (Å²) in [5.74, 6) is 0. The molecule has 1 aromatic carbocycles. The van der Waals surface area contributed by atoms with Crippen molar-refractivity contribution in [2.45, 2.75) is 4.34 Å². The Morgan fingerprint density at radius 1 is 1.41 bits per heavy atom. The van der Waals surface area contributed by atoms with Crippen LogP contribution in [0.1, 0.15) is 0 Å². The molecule has 0 saturated heterocycles. The Kier molecular flexibility index (Phi) is 7.05. The van der Waals surface area contributed by atoms with Gasteiger partial charge in [0.1, 0.15) is 5.40 Å². The summed E-state index contributed by atoms with van der Waals surface area (Å²) in [7, 11) is 3.75. The molecule has 0 fully saturated rings. The van der Waals surface area contributed by atoms with Gasteiger partial charge in [0, 0.05) is 0 Å². The lowest BCUT2D eigenvalue weighted by Crippen LogP contribution is -1.89. The first-order valence-corrected chi connectivity index (χ1v) is 7.68. The fraction of sp³-hybridized carbons (Fsp3) is 0.273. The second-order valence-corrected chi connectivity index (χ2v) is 6.32. The molecular weight excluding hydrogens is 270 g/mol. The number of aromatic nitrogens is 1. The number of rotatable bonds is 3. The molecular formula is C11H13N3S3. The van der Waals surface area contributed by atoms with E-state index in [4.69, 9.17) is 5.26 Å². The lowest BCUT2D eigenvalue weighted by molar-refractivity contribution is 1.02. The van der Waals surface area contributed by atoms with Gasteiger partial charge < -0.3 is 5.32 Å². The molecule has 0 bridgehead atoms. The van der Waals surface area contributed by atoms with Crippen molar-refractivity contribution in [2.24, 2.45) is 0 Å². The first kappa shape index (κ1) is 14.3. The van der Waals surface area contributed by atoms with Crippen molar-refractivity contribution in [3.63, 3.8) is 0 Å². The zero-order valence-corrected chi connectivity index (χ0v) is 12.1. The first-order valence-electron chi connectivity index (χ1n) is 4.89. The maximum Gasteiger partial charge on any atom is 0.151 e. The van der Waals surface area contributed by atoms with E-state index in [2.05, 4.69) is 16.4 Å². The summed E-state index contributed by atoms with van der Waals surface area (Å²) in [6, 6.07) is 8.07. The highest BCUT2D eigenvalue weighted by Gasteiger charge is 2.02. The molecule has 17 heavy (non-hydrogen) atoms. The van der Waals surface area contributed by atoms with E-state index < -0.39 is 0 Å². The quantitative estimate of drug-likeness (QED) is 0.405. The molecule has 0 spiro atoms. The first-order chi connectivity index (χ1) is 8.31. The van der Waals surface area contributed by atoms with Crippen LogP contribution >= 0.6 is 34.9 Å². The number of nitriles is 1. The van der Waals surface area contributed by atoms with Crippen LogP contribution in [0.3, 0.4) is 0 Å². The molecule has 6 heteroatoms. The molecule has 2 rings (SSSR count). The van der Waals surface area contributed by atoms with Gasteiger partial charge in [0.15, 0.2) is 4.34 Å². The zero-order valence-electron chi connectivity index (χ0n) is 9.64. The van der Waals surface area contributed by atoms with Crippen LogP contribution in [0.2, 0.25) is 0 Å². The van der Waals surface area contributed by atoms with Crippen molar-refractivity contribution in [1.82, 2.24) is 10.3 Å². The second kappa shape index (κ2) is 8.37. The van der Waals surface area contributed by atoms with E-state index in [-0.39, 0.29) is 0 Å². The molecule has 0 aliphatic carbocycles. The molecule has 1 aromatic heterocycles. The van der Waals surface area contributed by atoms with E-state index in [1.165, 1.54) is 16.5 Å². The number of benzene rings is 1. The number of thioether (sulfide) groups is 2. The summed E-state index contributed by atoms with van der Waals surface area (Å²) in [5, 5.41) is 13.9. The Labute approximate surface area is 114 Å². The van der Waals surface area contributed by atoms with Crippen molar-refractivity contribution < 1.29 is 0 Å². The lowest BCUT2D eigenvalue weighted by atomic mass is 10.3. The molecule has 2 aromatic rings. The number of thiazole rings is 1. The largest absolute Gasteiger partial charge is 0.323 e. The maximum atomic E-state index is 8.37. The smallest absolute Gasteiger partial charge is 0.151 e. The minimum Gasteiger partial charge on any atom is -0.323 e. The highest BCUT2D eigenvalue weighted by Crippen LogP contribution is 2.30. The Morgan fingerprint density at radius 3 is 2.76 bits per heavy atom. The highest BCUT2D eigenvalue weighted by molar-refractivity contribution is 8.18. The standard InChI is InChI=1S/C9H6N2S3.C2H7N/c10-5-12-6-13-9-11-7-3-1-2-4-8(7)14-9;1-3-2/h1-4H,6H2;3H,1-2H3. The number of fused-ring (bicyclic) bond motifs is 1. The minimum atomic E-state index is 0.746. The molecule has 0 aliphatic heterocycles. The van der Waals surface area contributed by atoms with Crippen molar-refractivity contribution in [2.75, 3.05) is 19.2 Å². The predicted octanol–water partition coefficient (Wildman–Crippen LogP) is 3.40. The minimum absolute atomic E-state index is 0.746. The second-order valence-electron chi connectivity index (χ2n) is 2.95. The summed E-state index contributed by atoms with van der Waals surface area (Å²) in [6.07, 6.45) is 0. The third-order valence-electron chi connectivity index (χ3n) is 1.58. The Bertz CT molecular complexity index is 457. The lowest BCUT2D eigenvalue weighted by Gasteiger charge is -1.87. The van der Waals surface area contributed by atoms with Crippen LogP contribution < -0.4 is 5.32 Å². The molecule has 0 aliphatic rings. The van der Waals surface area contributed by atoms with Crippen LogP contribution in [0.5, 0.6) is 0 Å². The molecule has 0 unspecified atom stereocenters. The molecule has 1 heterocycles. The van der Waals surface area contributed by atoms with Crippen molar-refractivity contribution in [3.8, 4) is 5.40 Å². The molecule has 0 saturated carbocycles. The van der Waals surface area contributed by atoms with E-state index in [1.54, 1.807) is 23.1 Å². The number of para-hydroxylation sites is 1. The normalized spacial score (nSPS) is 9.47. The van der Waals surface area contributed by atoms with Gasteiger partial charge in [0.2, 0.25) is 0 Å². The summed E-state index contributed by atoms with van der Waals surface area (Å²) in [5.41, 5.74) is 1.04. The van der Waals surface area contributed by atoms with Crippen molar-refractivity contribution in [3.05, 3.63) is 24.3 Å². The predicted molar refractivity (Wildman–Crippen MR) is 78.5 cm³/mol. The van der Waals surface area contributed by atoms with E-state index in [1.807, 2.05) is 37.7 Å². The zero-order chi connectivity index (χ0) is 12.5. The van der Waals surface area contributed by atoms with Gasteiger partial charge >= 0.3 is 0 Å². The van der Waals surface area contributed by atoms with Gasteiger partial charge in [0.25, 0.3) is 0 Å². The summed E-state index contributed by atoms with van der Waals surface area (Å²) in [6.45, 7) is 0. The van der Waals surface area contributed by atoms with Crippen LogP contribution in [0.4, 0.5) is 0 Å². The number of nitrogens with zero attached hydrogens (tertiary/aromatic N) is 2. The molecule has 1 N–H and O–H groups in total. The van der Waals surface area contributed by atoms with Gasteiger partial charge in [0.05, 0.1) is 15.3 Å². The van der Waals surface area contributed by atoms with Gasteiger partial charge in [-0.25, -0.2) is 4.98 Å². The number of thiocyanates is 1. The van der Waals surface area contributed by atoms with Gasteiger partial charge in [-0.1, -0.05) is 23.9 Å². The van der Waals surface area contributed by atoms with Crippen molar-refractivity contribution >= 4 is 45.1 Å². The maximum absolute atomic E-state index is 8.37. The molecule has 0 atom stereocenters. The fourth-order valence-corrected chi connectivity index (χ4v) is 3.67. The molecule has 3 nitrogen and oxygen atoms in total. The van der Waals surface area contributed by atoms with Crippen LogP contribution in [-0.2, 0) is 0 Å². The van der Waals surface area contributed by atoms with E-state index in [0.29, 0.717) is 0 Å². The SMILES string of the molecule is CNC.N#CSCSc1nc2ccccc2s1. The van der Waals surface area contributed by atoms with Gasteiger partial charge in [-0.2, -0.15) is 5.26 Å². The molecule has 0 amide bonds. The average molecular weight is 283 g/mol. The fourth-order valence-electron chi connectivity index (χ4n) is 1.02. The Balaban J connectivity index is 0.000000437. The van der Waals surface area contributed by atoms with Gasteiger partial charge in [-0.3, -0.25) is 0 Å². The van der Waals surface area contributed by atoms with Crippen molar-refractivity contribution in [1.29, 1.82) is 5.26 Å². The summed E-state index contributed by atoms with van der Waals surface area (Å²) in [4.78, 5) is 4.44. The average Bonchev–Trinajstić information content (AvgIpc) is 2.73. The van der Waals surface area contributed by atoms with Gasteiger partial charge in [-0.15, -0.1) is 11.3 Å². The Morgan fingerprint density at radius 2 is 2.12 bits per heavy atom. The topological polar surface area (TPSA) is 48.7 Å². The third kappa shape index (κ3) is 4.96. The van der Waals surface area contributed by atoms with Crippen LogP contribution in [0.25, 0.3) is 10.2 Å². The Hall–Kier alpha value is -0.740. The van der Waals surface area contributed by atoms with E-state index >= 15 is 0 Å². The number of hydrogen-bond donors (Lipinski definition) is 1. The highest BCUT2D eigenvalue weighted by atomic mass is 32.2. The summed E-state index contributed by atoms with van der Waals surface area (Å²) < 4.78 is 2.24. The van der Waals surface area contributed by atoms with Crippen LogP contribution in [-0.4, -0.2) is 24.2 Å². The third-order valence-corrected chi connectivity index (χ3v) is 4.42. The number of nitrogens with one attached hydrogen (secondary N) is 1. The molecule has 90 valence electrons. The van der Waals surface area contributed by atoms with Crippen LogP contribution in [0, 0.1) is 10.7 Å². The van der Waals surface area contributed by atoms with Crippen LogP contribution in [0.15, 0.2) is 28.6 Å². The van der Waals surface area contributed by atoms with E-state index in [9.17, 15) is 0 Å². The monoisotopic (exact) mass is 283 g/mol.